The van der Waals surface area contributed by atoms with Crippen LogP contribution in [0.5, 0.6) is 0 Å². The van der Waals surface area contributed by atoms with Gasteiger partial charge in [-0.15, -0.1) is 0 Å². The number of hydrogen-bond acceptors (Lipinski definition) is 6. The molecule has 0 atom stereocenters. The third-order valence-corrected chi connectivity index (χ3v) is 5.94. The van der Waals surface area contributed by atoms with E-state index in [4.69, 9.17) is 9.15 Å². The van der Waals surface area contributed by atoms with Gasteiger partial charge in [-0.1, -0.05) is 12.1 Å². The van der Waals surface area contributed by atoms with Gasteiger partial charge >= 0.3 is 5.97 Å². The van der Waals surface area contributed by atoms with Gasteiger partial charge in [-0.3, -0.25) is 4.79 Å². The lowest BCUT2D eigenvalue weighted by atomic mass is 10.1. The highest BCUT2D eigenvalue weighted by Crippen LogP contribution is 2.18. The lowest BCUT2D eigenvalue weighted by Crippen LogP contribution is -2.24. The number of hydrogen-bond donors (Lipinski definition) is 2. The second-order valence-electron chi connectivity index (χ2n) is 6.97. The number of halogens is 1. The van der Waals surface area contributed by atoms with Crippen molar-refractivity contribution >= 4 is 27.6 Å². The average molecular weight is 460 g/mol. The Labute approximate surface area is 184 Å². The molecular weight excluding hydrogens is 439 g/mol. The predicted molar refractivity (Wildman–Crippen MR) is 114 cm³/mol. The molecule has 3 aromatic rings. The van der Waals surface area contributed by atoms with E-state index in [2.05, 4.69) is 10.0 Å². The molecule has 0 fully saturated rings. The first kappa shape index (κ1) is 23.2. The normalized spacial score (nSPS) is 11.2. The Morgan fingerprint density at radius 3 is 2.50 bits per heavy atom. The van der Waals surface area contributed by atoms with Gasteiger partial charge in [-0.2, -0.15) is 0 Å². The van der Waals surface area contributed by atoms with Crippen LogP contribution in [0, 0.1) is 19.7 Å². The van der Waals surface area contributed by atoms with E-state index < -0.39 is 34.3 Å². The minimum Gasteiger partial charge on any atom is -0.468 e. The summed E-state index contributed by atoms with van der Waals surface area (Å²) in [4.78, 5) is 24.3. The van der Waals surface area contributed by atoms with Crippen LogP contribution < -0.4 is 10.0 Å². The van der Waals surface area contributed by atoms with E-state index >= 15 is 0 Å². The van der Waals surface area contributed by atoms with Gasteiger partial charge in [-0.25, -0.2) is 22.3 Å². The zero-order valence-corrected chi connectivity index (χ0v) is 18.2. The molecule has 168 valence electrons. The molecule has 3 rings (SSSR count). The van der Waals surface area contributed by atoms with Gasteiger partial charge in [0.1, 0.15) is 11.6 Å². The Morgan fingerprint density at radius 2 is 1.81 bits per heavy atom. The monoisotopic (exact) mass is 460 g/mol. The minimum atomic E-state index is -3.92. The Balaban J connectivity index is 1.64. The lowest BCUT2D eigenvalue weighted by molar-refractivity contribution is -0.119. The van der Waals surface area contributed by atoms with Crippen LogP contribution in [0.15, 0.2) is 64.1 Å². The molecule has 0 unspecified atom stereocenters. The standard InChI is InChI=1S/C22H21FN2O6S/c1-14-6-8-18(32(28,29)24-12-17-4-3-9-30-17)11-19(14)22(27)31-13-21(26)25-16-7-5-15(2)20(23)10-16/h3-11,24H,12-13H2,1-2H3,(H,25,26). The highest BCUT2D eigenvalue weighted by molar-refractivity contribution is 7.89. The summed E-state index contributed by atoms with van der Waals surface area (Å²) in [6, 6.07) is 11.4. The van der Waals surface area contributed by atoms with Crippen molar-refractivity contribution in [3.8, 4) is 0 Å². The molecule has 0 aliphatic rings. The van der Waals surface area contributed by atoms with Crippen molar-refractivity contribution in [1.29, 1.82) is 0 Å². The van der Waals surface area contributed by atoms with E-state index in [0.717, 1.165) is 6.07 Å². The fourth-order valence-electron chi connectivity index (χ4n) is 2.73. The highest BCUT2D eigenvalue weighted by Gasteiger charge is 2.20. The van der Waals surface area contributed by atoms with E-state index in [1.807, 2.05) is 0 Å². The summed E-state index contributed by atoms with van der Waals surface area (Å²) in [5.41, 5.74) is 1.13. The van der Waals surface area contributed by atoms with Gasteiger partial charge in [-0.05, 0) is 61.4 Å². The number of rotatable bonds is 8. The molecule has 0 spiro atoms. The second kappa shape index (κ2) is 9.75. The molecule has 0 aliphatic carbocycles. The number of ether oxygens (including phenoxy) is 1. The molecule has 2 aromatic carbocycles. The zero-order chi connectivity index (χ0) is 23.3. The Bertz CT molecular complexity index is 1240. The van der Waals surface area contributed by atoms with Gasteiger partial charge in [0.15, 0.2) is 6.61 Å². The van der Waals surface area contributed by atoms with E-state index in [0.29, 0.717) is 16.9 Å². The van der Waals surface area contributed by atoms with Crippen LogP contribution >= 0.6 is 0 Å². The molecule has 1 amide bonds. The van der Waals surface area contributed by atoms with Gasteiger partial charge in [0.25, 0.3) is 5.91 Å². The van der Waals surface area contributed by atoms with E-state index in [1.54, 1.807) is 26.0 Å². The molecule has 0 radical (unpaired) electrons. The van der Waals surface area contributed by atoms with Crippen molar-refractivity contribution in [3.05, 3.63) is 83.1 Å². The van der Waals surface area contributed by atoms with Crippen LogP contribution in [0.1, 0.15) is 27.2 Å². The minimum absolute atomic E-state index is 0.0000500. The van der Waals surface area contributed by atoms with Crippen molar-refractivity contribution in [2.75, 3.05) is 11.9 Å². The number of carbonyl (C=O) groups excluding carboxylic acids is 2. The third kappa shape index (κ3) is 5.80. The number of anilines is 1. The molecule has 2 N–H and O–H groups in total. The van der Waals surface area contributed by atoms with Gasteiger partial charge in [0, 0.05) is 5.69 Å². The average Bonchev–Trinajstić information content (AvgIpc) is 3.27. The Morgan fingerprint density at radius 1 is 1.06 bits per heavy atom. The molecule has 0 bridgehead atoms. The molecular formula is C22H21FN2O6S. The Kier molecular flexibility index (Phi) is 7.06. The third-order valence-electron chi connectivity index (χ3n) is 4.55. The number of carbonyl (C=O) groups is 2. The van der Waals surface area contributed by atoms with Crippen molar-refractivity contribution < 1.29 is 31.6 Å². The van der Waals surface area contributed by atoms with Crippen molar-refractivity contribution in [1.82, 2.24) is 4.72 Å². The maximum Gasteiger partial charge on any atom is 0.338 e. The number of benzene rings is 2. The molecule has 0 aliphatic heterocycles. The summed E-state index contributed by atoms with van der Waals surface area (Å²) in [5, 5.41) is 2.43. The number of furan rings is 1. The van der Waals surface area contributed by atoms with Crippen molar-refractivity contribution in [2.24, 2.45) is 0 Å². The van der Waals surface area contributed by atoms with Crippen molar-refractivity contribution in [2.45, 2.75) is 25.3 Å². The summed E-state index contributed by atoms with van der Waals surface area (Å²) < 4.78 is 51.1. The van der Waals surface area contributed by atoms with Crippen LogP contribution in [-0.4, -0.2) is 26.9 Å². The summed E-state index contributed by atoms with van der Waals surface area (Å²) in [6.07, 6.45) is 1.43. The molecule has 1 aromatic heterocycles. The van der Waals surface area contributed by atoms with Gasteiger partial charge in [0.05, 0.1) is 23.3 Å². The van der Waals surface area contributed by atoms with Crippen LogP contribution in [0.25, 0.3) is 0 Å². The maximum atomic E-state index is 13.6. The molecule has 10 heteroatoms. The summed E-state index contributed by atoms with van der Waals surface area (Å²) in [7, 11) is -3.92. The fraction of sp³-hybridized carbons (Fsp3) is 0.182. The SMILES string of the molecule is Cc1ccc(NC(=O)COC(=O)c2cc(S(=O)(=O)NCc3ccco3)ccc2C)cc1F. The molecule has 0 saturated heterocycles. The molecule has 8 nitrogen and oxygen atoms in total. The summed E-state index contributed by atoms with van der Waals surface area (Å²) >= 11 is 0. The van der Waals surface area contributed by atoms with Gasteiger partial charge in [0.2, 0.25) is 10.0 Å². The second-order valence-corrected chi connectivity index (χ2v) is 8.74. The number of amides is 1. The lowest BCUT2D eigenvalue weighted by Gasteiger charge is -2.11. The van der Waals surface area contributed by atoms with Crippen LogP contribution in [0.2, 0.25) is 0 Å². The van der Waals surface area contributed by atoms with Crippen LogP contribution in [0.3, 0.4) is 0 Å². The zero-order valence-electron chi connectivity index (χ0n) is 17.3. The molecule has 32 heavy (non-hydrogen) atoms. The fourth-order valence-corrected chi connectivity index (χ4v) is 3.75. The quantitative estimate of drug-likeness (QED) is 0.499. The van der Waals surface area contributed by atoms with E-state index in [1.165, 1.54) is 36.6 Å². The molecule has 0 saturated carbocycles. The predicted octanol–water partition coefficient (Wildman–Crippen LogP) is 3.31. The summed E-state index contributed by atoms with van der Waals surface area (Å²) in [6.45, 7) is 2.52. The van der Waals surface area contributed by atoms with Crippen LogP contribution in [-0.2, 0) is 26.1 Å². The largest absolute Gasteiger partial charge is 0.468 e. The highest BCUT2D eigenvalue weighted by atomic mass is 32.2. The Hall–Kier alpha value is -3.50. The van der Waals surface area contributed by atoms with E-state index in [-0.39, 0.29) is 22.7 Å². The number of nitrogens with one attached hydrogen (secondary N) is 2. The topological polar surface area (TPSA) is 115 Å². The smallest absolute Gasteiger partial charge is 0.338 e. The summed E-state index contributed by atoms with van der Waals surface area (Å²) in [5.74, 6) is -1.58. The molecule has 1 heterocycles. The first-order valence-corrected chi connectivity index (χ1v) is 11.0. The van der Waals surface area contributed by atoms with Crippen molar-refractivity contribution in [3.63, 3.8) is 0 Å². The number of esters is 1. The first-order chi connectivity index (χ1) is 15.2. The first-order valence-electron chi connectivity index (χ1n) is 9.51. The number of aryl methyl sites for hydroxylation is 2. The number of sulfonamides is 1. The maximum absolute atomic E-state index is 13.6. The van der Waals surface area contributed by atoms with E-state index in [9.17, 15) is 22.4 Å². The van der Waals surface area contributed by atoms with Gasteiger partial charge < -0.3 is 14.5 Å². The van der Waals surface area contributed by atoms with Crippen LogP contribution in [0.4, 0.5) is 10.1 Å².